The third-order valence-corrected chi connectivity index (χ3v) is 3.76. The molecule has 0 bridgehead atoms. The van der Waals surface area contributed by atoms with Gasteiger partial charge in [0.1, 0.15) is 18.2 Å². The largest absolute Gasteiger partial charge is 0.384 e. The highest BCUT2D eigenvalue weighted by molar-refractivity contribution is 5.45. The van der Waals surface area contributed by atoms with Crippen LogP contribution in [-0.2, 0) is 11.3 Å². The Morgan fingerprint density at radius 3 is 2.60 bits per heavy atom. The Morgan fingerprint density at radius 2 is 1.95 bits per heavy atom. The number of nitrogens with zero attached hydrogens (tertiary/aromatic N) is 2. The number of hydrogen-bond acceptors (Lipinski definition) is 5. The van der Waals surface area contributed by atoms with E-state index in [-0.39, 0.29) is 0 Å². The number of nitrogens with one attached hydrogen (secondary N) is 1. The molecule has 0 amide bonds. The molecule has 1 aromatic rings. The number of aromatic nitrogens is 2. The van der Waals surface area contributed by atoms with E-state index in [0.717, 1.165) is 17.7 Å². The van der Waals surface area contributed by atoms with Crippen molar-refractivity contribution in [2.45, 2.75) is 52.7 Å². The summed E-state index contributed by atoms with van der Waals surface area (Å²) in [6.45, 7) is 7.65. The van der Waals surface area contributed by atoms with Gasteiger partial charge < -0.3 is 15.8 Å². The molecule has 0 saturated heterocycles. The lowest BCUT2D eigenvalue weighted by molar-refractivity contribution is 0.128. The molecule has 0 aromatic carbocycles. The Balaban J connectivity index is 2.02. The Bertz CT molecular complexity index is 428. The minimum absolute atomic E-state index is 0.410. The zero-order valence-electron chi connectivity index (χ0n) is 12.7. The molecule has 0 aliphatic heterocycles. The van der Waals surface area contributed by atoms with Crippen LogP contribution in [0.25, 0.3) is 0 Å². The second kappa shape index (κ2) is 6.88. The van der Waals surface area contributed by atoms with Gasteiger partial charge >= 0.3 is 0 Å². The highest BCUT2D eigenvalue weighted by Gasteiger charge is 2.24. The van der Waals surface area contributed by atoms with E-state index in [1.807, 2.05) is 6.92 Å². The van der Waals surface area contributed by atoms with Gasteiger partial charge in [-0.05, 0) is 38.0 Å². The number of ether oxygens (including phenoxy) is 1. The number of nitrogen functional groups attached to an aromatic ring is 1. The molecule has 5 nitrogen and oxygen atoms in total. The molecular formula is C15H26N4O. The molecule has 1 aromatic heterocycles. The lowest BCUT2D eigenvalue weighted by Gasteiger charge is -2.32. The van der Waals surface area contributed by atoms with Gasteiger partial charge in [-0.25, -0.2) is 9.97 Å². The molecule has 0 radical (unpaired) electrons. The first-order valence-electron chi connectivity index (χ1n) is 7.54. The third-order valence-electron chi connectivity index (χ3n) is 3.76. The van der Waals surface area contributed by atoms with Gasteiger partial charge in [0.2, 0.25) is 0 Å². The van der Waals surface area contributed by atoms with E-state index in [4.69, 9.17) is 10.5 Å². The first-order valence-corrected chi connectivity index (χ1v) is 7.54. The van der Waals surface area contributed by atoms with Crippen LogP contribution >= 0.6 is 0 Å². The fourth-order valence-electron chi connectivity index (χ4n) is 3.12. The lowest BCUT2D eigenvalue weighted by atomic mass is 9.80. The van der Waals surface area contributed by atoms with E-state index in [1.54, 1.807) is 6.07 Å². The summed E-state index contributed by atoms with van der Waals surface area (Å²) in [5.41, 5.74) is 5.84. The lowest BCUT2D eigenvalue weighted by Crippen LogP contribution is -2.30. The molecule has 1 aliphatic rings. The topological polar surface area (TPSA) is 73.1 Å². The standard InChI is InChI=1S/C15H26N4O/c1-4-20-9-15-18-13(16)8-14(19-15)17-12-6-10(2)5-11(3)7-12/h8,10-12H,4-7,9H2,1-3H3,(H3,16,17,18,19). The minimum atomic E-state index is 0.410. The predicted molar refractivity (Wildman–Crippen MR) is 81.4 cm³/mol. The summed E-state index contributed by atoms with van der Waals surface area (Å²) in [4.78, 5) is 8.68. The van der Waals surface area contributed by atoms with Gasteiger partial charge in [0.05, 0.1) is 0 Å². The summed E-state index contributed by atoms with van der Waals surface area (Å²) in [5.74, 6) is 3.48. The van der Waals surface area contributed by atoms with Crippen molar-refractivity contribution in [3.05, 3.63) is 11.9 Å². The van der Waals surface area contributed by atoms with E-state index >= 15 is 0 Å². The maximum Gasteiger partial charge on any atom is 0.158 e. The van der Waals surface area contributed by atoms with E-state index in [9.17, 15) is 0 Å². The highest BCUT2D eigenvalue weighted by Crippen LogP contribution is 2.30. The van der Waals surface area contributed by atoms with Crippen molar-refractivity contribution in [2.24, 2.45) is 11.8 Å². The second-order valence-electron chi connectivity index (χ2n) is 5.99. The minimum Gasteiger partial charge on any atom is -0.384 e. The van der Waals surface area contributed by atoms with Gasteiger partial charge in [0.15, 0.2) is 5.82 Å². The van der Waals surface area contributed by atoms with E-state index in [2.05, 4.69) is 29.1 Å². The fraction of sp³-hybridized carbons (Fsp3) is 0.733. The monoisotopic (exact) mass is 278 g/mol. The SMILES string of the molecule is CCOCc1nc(N)cc(NC2CC(C)CC(C)C2)n1. The summed E-state index contributed by atoms with van der Waals surface area (Å²) >= 11 is 0. The van der Waals surface area contributed by atoms with Gasteiger partial charge in [-0.2, -0.15) is 0 Å². The fourth-order valence-corrected chi connectivity index (χ4v) is 3.12. The maximum absolute atomic E-state index is 5.84. The predicted octanol–water partition coefficient (Wildman–Crippen LogP) is 2.83. The molecule has 1 fully saturated rings. The molecule has 5 heteroatoms. The Labute approximate surface area is 121 Å². The van der Waals surface area contributed by atoms with Crippen LogP contribution in [0.15, 0.2) is 6.07 Å². The number of hydrogen-bond donors (Lipinski definition) is 2. The Kier molecular flexibility index (Phi) is 5.17. The van der Waals surface area contributed by atoms with E-state index in [1.165, 1.54) is 19.3 Å². The Morgan fingerprint density at radius 1 is 1.25 bits per heavy atom. The van der Waals surface area contributed by atoms with Gasteiger partial charge in [0.25, 0.3) is 0 Å². The molecule has 112 valence electrons. The summed E-state index contributed by atoms with van der Waals surface area (Å²) in [5, 5.41) is 3.51. The van der Waals surface area contributed by atoms with Crippen molar-refractivity contribution < 1.29 is 4.74 Å². The van der Waals surface area contributed by atoms with Crippen LogP contribution in [0.3, 0.4) is 0 Å². The van der Waals surface area contributed by atoms with E-state index in [0.29, 0.717) is 30.9 Å². The van der Waals surface area contributed by atoms with Crippen molar-refractivity contribution in [3.63, 3.8) is 0 Å². The molecule has 1 heterocycles. The molecular weight excluding hydrogens is 252 g/mol. The smallest absolute Gasteiger partial charge is 0.158 e. The zero-order chi connectivity index (χ0) is 14.5. The van der Waals surface area contributed by atoms with Crippen LogP contribution in [0.1, 0.15) is 45.9 Å². The van der Waals surface area contributed by atoms with Gasteiger partial charge in [-0.3, -0.25) is 0 Å². The van der Waals surface area contributed by atoms with Gasteiger partial charge in [-0.1, -0.05) is 13.8 Å². The Hall–Kier alpha value is -1.36. The summed E-state index contributed by atoms with van der Waals surface area (Å²) in [6.07, 6.45) is 3.70. The highest BCUT2D eigenvalue weighted by atomic mass is 16.5. The van der Waals surface area contributed by atoms with Crippen LogP contribution in [0, 0.1) is 11.8 Å². The van der Waals surface area contributed by atoms with Crippen LogP contribution < -0.4 is 11.1 Å². The van der Waals surface area contributed by atoms with E-state index < -0.39 is 0 Å². The van der Waals surface area contributed by atoms with Crippen LogP contribution in [-0.4, -0.2) is 22.6 Å². The summed E-state index contributed by atoms with van der Waals surface area (Å²) in [7, 11) is 0. The van der Waals surface area contributed by atoms with Crippen molar-refractivity contribution in [3.8, 4) is 0 Å². The molecule has 1 saturated carbocycles. The number of anilines is 2. The zero-order valence-corrected chi connectivity index (χ0v) is 12.7. The molecule has 0 spiro atoms. The first-order chi connectivity index (χ1) is 9.56. The van der Waals surface area contributed by atoms with Crippen LogP contribution in [0.2, 0.25) is 0 Å². The average Bonchev–Trinajstić information content (AvgIpc) is 2.34. The molecule has 2 atom stereocenters. The molecule has 2 rings (SSSR count). The average molecular weight is 278 g/mol. The second-order valence-corrected chi connectivity index (χ2v) is 5.99. The number of rotatable bonds is 5. The molecule has 1 aliphatic carbocycles. The summed E-state index contributed by atoms with van der Waals surface area (Å²) < 4.78 is 5.35. The molecule has 2 unspecified atom stereocenters. The van der Waals surface area contributed by atoms with Gasteiger partial charge in [-0.15, -0.1) is 0 Å². The molecule has 3 N–H and O–H groups in total. The van der Waals surface area contributed by atoms with Crippen molar-refractivity contribution in [2.75, 3.05) is 17.7 Å². The van der Waals surface area contributed by atoms with Crippen LogP contribution in [0.4, 0.5) is 11.6 Å². The third kappa shape index (κ3) is 4.34. The maximum atomic E-state index is 5.84. The first kappa shape index (κ1) is 15.0. The van der Waals surface area contributed by atoms with Crippen molar-refractivity contribution in [1.29, 1.82) is 0 Å². The molecule has 20 heavy (non-hydrogen) atoms. The quantitative estimate of drug-likeness (QED) is 0.866. The van der Waals surface area contributed by atoms with Crippen molar-refractivity contribution in [1.82, 2.24) is 9.97 Å². The van der Waals surface area contributed by atoms with Crippen molar-refractivity contribution >= 4 is 11.6 Å². The van der Waals surface area contributed by atoms with Gasteiger partial charge in [0, 0.05) is 18.7 Å². The normalized spacial score (nSPS) is 26.4. The summed E-state index contributed by atoms with van der Waals surface area (Å²) in [6, 6.07) is 2.28. The van der Waals surface area contributed by atoms with Crippen LogP contribution in [0.5, 0.6) is 0 Å². The number of nitrogens with two attached hydrogens (primary N) is 1.